The minimum absolute atomic E-state index is 0.169. The third kappa shape index (κ3) is 4.70. The molecule has 3 aliphatic rings. The van der Waals surface area contributed by atoms with E-state index in [9.17, 15) is 5.26 Å². The molecule has 7 aromatic rings. The van der Waals surface area contributed by atoms with E-state index in [1.807, 2.05) is 24.3 Å². The van der Waals surface area contributed by atoms with Crippen LogP contribution in [0.3, 0.4) is 0 Å². The maximum atomic E-state index is 9.78. The highest BCUT2D eigenvalue weighted by molar-refractivity contribution is 6.13. The Morgan fingerprint density at radius 1 is 0.519 bits per heavy atom. The van der Waals surface area contributed by atoms with Gasteiger partial charge in [-0.2, -0.15) is 5.26 Å². The van der Waals surface area contributed by atoms with Gasteiger partial charge in [-0.05, 0) is 96.2 Å². The second-order valence-corrected chi connectivity index (χ2v) is 15.0. The van der Waals surface area contributed by atoms with Gasteiger partial charge in [-0.3, -0.25) is 0 Å². The van der Waals surface area contributed by atoms with E-state index in [2.05, 4.69) is 172 Å². The number of amidine groups is 1. The summed E-state index contributed by atoms with van der Waals surface area (Å²) in [4.78, 5) is 5.31. The molecule has 1 aliphatic heterocycles. The summed E-state index contributed by atoms with van der Waals surface area (Å²) < 4.78 is 0. The monoisotopic (exact) mass is 690 g/mol. The molecule has 1 heterocycles. The highest BCUT2D eigenvalue weighted by Crippen LogP contribution is 2.62. The lowest BCUT2D eigenvalue weighted by molar-refractivity contribution is 0.563. The summed E-state index contributed by atoms with van der Waals surface area (Å²) in [6.07, 6.45) is 2.12. The van der Waals surface area contributed by atoms with Crippen molar-refractivity contribution in [3.63, 3.8) is 0 Å². The van der Waals surface area contributed by atoms with Crippen LogP contribution in [0.25, 0.3) is 33.3 Å². The van der Waals surface area contributed by atoms with E-state index in [1.165, 1.54) is 50.1 Å². The molecule has 1 unspecified atom stereocenters. The number of nitrogens with zero attached hydrogens (tertiary/aromatic N) is 3. The number of fused-ring (bicyclic) bond motifs is 9. The fourth-order valence-corrected chi connectivity index (χ4v) is 9.22. The van der Waals surface area contributed by atoms with Crippen molar-refractivity contribution in [1.82, 2.24) is 0 Å². The number of hydrogen-bond donors (Lipinski definition) is 0. The third-order valence-corrected chi connectivity index (χ3v) is 11.8. The number of rotatable bonds is 4. The molecule has 0 saturated heterocycles. The Labute approximate surface area is 316 Å². The molecule has 7 aromatic carbocycles. The summed E-state index contributed by atoms with van der Waals surface area (Å²) >= 11 is 0. The van der Waals surface area contributed by atoms with Gasteiger partial charge in [-0.15, -0.1) is 0 Å². The standard InChI is InChI=1S/C51H36N3/c1-50(2)42-19-8-10-21-44(42)51(45-22-11-9-20-43(45)50)41-18-7-6-17-39(41)40-28-27-38(30-46(40)51)49-53-47(31-48(54-49)37-16-12-13-33(29-37)32-52)36-25-23-35(24-26-36)34-14-4-3-5-15-34/h3-31,48H,1-2H3/q-1. The molecule has 0 radical (unpaired) electrons. The molecule has 54 heavy (non-hydrogen) atoms. The molecular formula is C51H36N3-. The van der Waals surface area contributed by atoms with Crippen LogP contribution in [0.1, 0.15) is 75.5 Å². The van der Waals surface area contributed by atoms with E-state index in [1.54, 1.807) is 0 Å². The summed E-state index contributed by atoms with van der Waals surface area (Å²) in [6, 6.07) is 62.6. The van der Waals surface area contributed by atoms with Gasteiger partial charge < -0.3 is 10.3 Å². The Balaban J connectivity index is 1.17. The number of aliphatic imine (C=N–C) groups is 1. The maximum absolute atomic E-state index is 9.78. The van der Waals surface area contributed by atoms with Gasteiger partial charge in [0.25, 0.3) is 0 Å². The first-order valence-corrected chi connectivity index (χ1v) is 18.6. The van der Waals surface area contributed by atoms with E-state index in [4.69, 9.17) is 10.3 Å². The molecule has 0 aromatic heterocycles. The molecule has 0 bridgehead atoms. The fourth-order valence-electron chi connectivity index (χ4n) is 9.22. The van der Waals surface area contributed by atoms with Crippen molar-refractivity contribution in [2.75, 3.05) is 0 Å². The SMILES string of the molecule is CC1(C)c2ccccc2C2(c3ccccc3-c3ccc(C4=NC(c5ccc(-c6ccccc6)cc5)=CC(c5cccc(C#N)c5)[N-]4)cc32)c2ccccc21. The van der Waals surface area contributed by atoms with Gasteiger partial charge in [0.05, 0.1) is 17.0 Å². The second kappa shape index (κ2) is 12.2. The molecule has 1 spiro atoms. The zero-order valence-corrected chi connectivity index (χ0v) is 30.2. The van der Waals surface area contributed by atoms with Gasteiger partial charge >= 0.3 is 0 Å². The first kappa shape index (κ1) is 31.9. The summed E-state index contributed by atoms with van der Waals surface area (Å²) in [5.74, 6) is 0.679. The van der Waals surface area contributed by atoms with Gasteiger partial charge in [-0.1, -0.05) is 177 Å². The minimum atomic E-state index is -0.508. The van der Waals surface area contributed by atoms with Gasteiger partial charge in [-0.25, -0.2) is 0 Å². The maximum Gasteiger partial charge on any atom is 0.0991 e. The van der Waals surface area contributed by atoms with Crippen LogP contribution in [0.2, 0.25) is 0 Å². The van der Waals surface area contributed by atoms with Gasteiger partial charge in [0, 0.05) is 11.5 Å². The topological polar surface area (TPSA) is 50.2 Å². The zero-order valence-electron chi connectivity index (χ0n) is 30.2. The van der Waals surface area contributed by atoms with Crippen LogP contribution in [-0.4, -0.2) is 5.84 Å². The second-order valence-electron chi connectivity index (χ2n) is 15.0. The Morgan fingerprint density at radius 3 is 1.80 bits per heavy atom. The average molecular weight is 691 g/mol. The molecule has 3 heteroatoms. The van der Waals surface area contributed by atoms with Gasteiger partial charge in [0.15, 0.2) is 0 Å². The molecule has 2 aliphatic carbocycles. The van der Waals surface area contributed by atoms with Crippen molar-refractivity contribution < 1.29 is 0 Å². The van der Waals surface area contributed by atoms with Crippen LogP contribution >= 0.6 is 0 Å². The van der Waals surface area contributed by atoms with Crippen LogP contribution in [-0.2, 0) is 10.8 Å². The molecule has 0 N–H and O–H groups in total. The van der Waals surface area contributed by atoms with Crippen LogP contribution in [0.15, 0.2) is 181 Å². The molecule has 0 saturated carbocycles. The lowest BCUT2D eigenvalue weighted by Gasteiger charge is -2.46. The number of benzene rings is 7. The zero-order chi connectivity index (χ0) is 36.4. The van der Waals surface area contributed by atoms with E-state index in [0.717, 1.165) is 28.0 Å². The van der Waals surface area contributed by atoms with E-state index in [-0.39, 0.29) is 11.5 Å². The normalized spacial score (nSPS) is 16.8. The summed E-state index contributed by atoms with van der Waals surface area (Å²) in [7, 11) is 0. The Morgan fingerprint density at radius 2 is 1.09 bits per heavy atom. The average Bonchev–Trinajstić information content (AvgIpc) is 3.53. The van der Waals surface area contributed by atoms with Crippen molar-refractivity contribution in [1.29, 1.82) is 5.26 Å². The summed E-state index contributed by atoms with van der Waals surface area (Å²) in [5, 5.41) is 15.1. The van der Waals surface area contributed by atoms with E-state index < -0.39 is 5.41 Å². The quantitative estimate of drug-likeness (QED) is 0.181. The molecule has 0 fully saturated rings. The first-order valence-electron chi connectivity index (χ1n) is 18.6. The van der Waals surface area contributed by atoms with Crippen molar-refractivity contribution >= 4 is 11.5 Å². The van der Waals surface area contributed by atoms with Gasteiger partial charge in [0.1, 0.15) is 0 Å². The van der Waals surface area contributed by atoms with Crippen molar-refractivity contribution in [3.05, 3.63) is 237 Å². The predicted octanol–water partition coefficient (Wildman–Crippen LogP) is 12.1. The van der Waals surface area contributed by atoms with Crippen molar-refractivity contribution in [2.45, 2.75) is 30.7 Å². The molecule has 3 nitrogen and oxygen atoms in total. The van der Waals surface area contributed by atoms with E-state index in [0.29, 0.717) is 11.4 Å². The van der Waals surface area contributed by atoms with E-state index >= 15 is 0 Å². The third-order valence-electron chi connectivity index (χ3n) is 11.8. The van der Waals surface area contributed by atoms with Crippen LogP contribution < -0.4 is 0 Å². The molecule has 1 atom stereocenters. The Bertz CT molecular complexity index is 2680. The Kier molecular flexibility index (Phi) is 7.19. The highest BCUT2D eigenvalue weighted by Gasteiger charge is 2.53. The molecule has 0 amide bonds. The molecule has 256 valence electrons. The minimum Gasteiger partial charge on any atom is -0.454 e. The van der Waals surface area contributed by atoms with Crippen LogP contribution in [0, 0.1) is 11.3 Å². The van der Waals surface area contributed by atoms with Crippen molar-refractivity contribution in [3.8, 4) is 28.3 Å². The molecular weight excluding hydrogens is 655 g/mol. The lowest BCUT2D eigenvalue weighted by Crippen LogP contribution is -2.40. The summed E-state index contributed by atoms with van der Waals surface area (Å²) in [6.45, 7) is 4.71. The highest BCUT2D eigenvalue weighted by atomic mass is 15.0. The lowest BCUT2D eigenvalue weighted by atomic mass is 9.55. The molecule has 10 rings (SSSR count). The predicted molar refractivity (Wildman–Crippen MR) is 220 cm³/mol. The number of nitriles is 1. The number of hydrogen-bond acceptors (Lipinski definition) is 2. The van der Waals surface area contributed by atoms with Gasteiger partial charge in [0.2, 0.25) is 0 Å². The van der Waals surface area contributed by atoms with Crippen LogP contribution in [0.4, 0.5) is 0 Å². The fraction of sp³-hybridized carbons (Fsp3) is 0.0980. The first-order chi connectivity index (χ1) is 26.5. The smallest absolute Gasteiger partial charge is 0.0991 e. The van der Waals surface area contributed by atoms with Crippen molar-refractivity contribution in [2.24, 2.45) is 4.99 Å². The van der Waals surface area contributed by atoms with Crippen LogP contribution in [0.5, 0.6) is 0 Å². The largest absolute Gasteiger partial charge is 0.454 e. The Hall–Kier alpha value is -6.76. The summed E-state index contributed by atoms with van der Waals surface area (Å²) in [5.41, 5.74) is 16.5.